The Hall–Kier alpha value is -1.33. The fourth-order valence-corrected chi connectivity index (χ4v) is 2.31. The Balaban J connectivity index is 2.74. The summed E-state index contributed by atoms with van der Waals surface area (Å²) < 4.78 is 31.3. The van der Waals surface area contributed by atoms with Crippen LogP contribution < -0.4 is 9.46 Å². The van der Waals surface area contributed by atoms with Crippen molar-refractivity contribution in [2.45, 2.75) is 18.2 Å². The second-order valence-electron chi connectivity index (χ2n) is 3.38. The minimum atomic E-state index is -3.42. The number of sulfonamides is 1. The van der Waals surface area contributed by atoms with Gasteiger partial charge in [-0.1, -0.05) is 6.08 Å². The summed E-state index contributed by atoms with van der Waals surface area (Å²) in [4.78, 5) is 0.241. The zero-order valence-electron chi connectivity index (χ0n) is 9.85. The predicted octanol–water partition coefficient (Wildman–Crippen LogP) is 1.94. The fourth-order valence-electron chi connectivity index (χ4n) is 1.26. The molecule has 0 saturated carbocycles. The van der Waals surface area contributed by atoms with Crippen molar-refractivity contribution >= 4 is 10.0 Å². The maximum atomic E-state index is 11.8. The normalized spacial score (nSPS) is 11.1. The van der Waals surface area contributed by atoms with Crippen LogP contribution in [0.4, 0.5) is 0 Å². The van der Waals surface area contributed by atoms with Crippen LogP contribution in [0, 0.1) is 0 Å². The average Bonchev–Trinajstić information content (AvgIpc) is 2.30. The summed E-state index contributed by atoms with van der Waals surface area (Å²) in [5, 5.41) is 0. The number of rotatable bonds is 7. The lowest BCUT2D eigenvalue weighted by Crippen LogP contribution is -2.24. The highest BCUT2D eigenvalue weighted by molar-refractivity contribution is 7.89. The van der Waals surface area contributed by atoms with Gasteiger partial charge in [0, 0.05) is 6.54 Å². The molecule has 0 aliphatic rings. The van der Waals surface area contributed by atoms with Gasteiger partial charge in [0.05, 0.1) is 11.5 Å². The van der Waals surface area contributed by atoms with E-state index in [-0.39, 0.29) is 4.90 Å². The third-order valence-electron chi connectivity index (χ3n) is 2.09. The second kappa shape index (κ2) is 6.42. The predicted molar refractivity (Wildman–Crippen MR) is 67.6 cm³/mol. The van der Waals surface area contributed by atoms with Gasteiger partial charge in [-0.15, -0.1) is 6.58 Å². The molecule has 0 fully saturated rings. The fraction of sp³-hybridized carbons (Fsp3) is 0.333. The van der Waals surface area contributed by atoms with Gasteiger partial charge >= 0.3 is 0 Å². The molecule has 1 rings (SSSR count). The van der Waals surface area contributed by atoms with Crippen LogP contribution in [0.25, 0.3) is 0 Å². The number of ether oxygens (including phenoxy) is 1. The summed E-state index contributed by atoms with van der Waals surface area (Å²) in [6.07, 6.45) is 2.27. The number of hydrogen-bond donors (Lipinski definition) is 1. The van der Waals surface area contributed by atoms with Crippen LogP contribution in [0.3, 0.4) is 0 Å². The van der Waals surface area contributed by atoms with Crippen molar-refractivity contribution < 1.29 is 13.2 Å². The lowest BCUT2D eigenvalue weighted by atomic mass is 10.3. The Labute approximate surface area is 102 Å². The first-order chi connectivity index (χ1) is 8.10. The molecule has 0 aliphatic carbocycles. The molecule has 0 radical (unpaired) electrons. The Morgan fingerprint density at radius 2 is 2.00 bits per heavy atom. The van der Waals surface area contributed by atoms with Crippen molar-refractivity contribution in [1.82, 2.24) is 4.72 Å². The Kier molecular flexibility index (Phi) is 5.18. The van der Waals surface area contributed by atoms with Crippen molar-refractivity contribution in [3.05, 3.63) is 36.9 Å². The first kappa shape index (κ1) is 13.7. The topological polar surface area (TPSA) is 55.4 Å². The number of nitrogens with one attached hydrogen (secondary N) is 1. The summed E-state index contributed by atoms with van der Waals surface area (Å²) >= 11 is 0. The van der Waals surface area contributed by atoms with Gasteiger partial charge in [0.1, 0.15) is 5.75 Å². The minimum absolute atomic E-state index is 0.241. The van der Waals surface area contributed by atoms with Gasteiger partial charge in [0.25, 0.3) is 0 Å². The molecular weight excluding hydrogens is 238 g/mol. The van der Waals surface area contributed by atoms with Crippen LogP contribution in [0.5, 0.6) is 5.75 Å². The second-order valence-corrected chi connectivity index (χ2v) is 5.15. The molecule has 0 spiro atoms. The first-order valence-electron chi connectivity index (χ1n) is 5.43. The maximum Gasteiger partial charge on any atom is 0.240 e. The van der Waals surface area contributed by atoms with E-state index in [1.165, 1.54) is 12.1 Å². The molecule has 0 saturated heterocycles. The maximum absolute atomic E-state index is 11.8. The van der Waals surface area contributed by atoms with Gasteiger partial charge in [-0.25, -0.2) is 13.1 Å². The van der Waals surface area contributed by atoms with Gasteiger partial charge in [-0.3, -0.25) is 0 Å². The van der Waals surface area contributed by atoms with Gasteiger partial charge in [0.15, 0.2) is 0 Å². The van der Waals surface area contributed by atoms with E-state index in [4.69, 9.17) is 4.74 Å². The van der Waals surface area contributed by atoms with E-state index in [2.05, 4.69) is 11.3 Å². The van der Waals surface area contributed by atoms with Crippen molar-refractivity contribution in [3.63, 3.8) is 0 Å². The average molecular weight is 255 g/mol. The molecule has 1 aromatic rings. The van der Waals surface area contributed by atoms with Crippen LogP contribution >= 0.6 is 0 Å². The van der Waals surface area contributed by atoms with Gasteiger partial charge in [-0.2, -0.15) is 0 Å². The van der Waals surface area contributed by atoms with E-state index in [0.717, 1.165) is 0 Å². The molecule has 0 bridgehead atoms. The third-order valence-corrected chi connectivity index (χ3v) is 3.56. The molecule has 17 heavy (non-hydrogen) atoms. The van der Waals surface area contributed by atoms with Crippen LogP contribution in [-0.4, -0.2) is 21.6 Å². The van der Waals surface area contributed by atoms with Crippen molar-refractivity contribution in [3.8, 4) is 5.75 Å². The molecule has 0 unspecified atom stereocenters. The molecule has 0 atom stereocenters. The molecule has 0 aliphatic heterocycles. The standard InChI is InChI=1S/C12H17NO3S/c1-3-5-10-13-17(14,15)12-8-6-11(7-9-12)16-4-2/h3,6-9,13H,1,4-5,10H2,2H3. The zero-order valence-corrected chi connectivity index (χ0v) is 10.7. The van der Waals surface area contributed by atoms with Gasteiger partial charge in [0.2, 0.25) is 10.0 Å². The van der Waals surface area contributed by atoms with Crippen molar-refractivity contribution in [1.29, 1.82) is 0 Å². The quantitative estimate of drug-likeness (QED) is 0.598. The summed E-state index contributed by atoms with van der Waals surface area (Å²) in [7, 11) is -3.42. The van der Waals surface area contributed by atoms with E-state index in [9.17, 15) is 8.42 Å². The van der Waals surface area contributed by atoms with Crippen molar-refractivity contribution in [2.24, 2.45) is 0 Å². The summed E-state index contributed by atoms with van der Waals surface area (Å²) in [5.74, 6) is 0.664. The lowest BCUT2D eigenvalue weighted by Gasteiger charge is -2.07. The lowest BCUT2D eigenvalue weighted by molar-refractivity contribution is 0.340. The molecule has 0 amide bonds. The van der Waals surface area contributed by atoms with Crippen LogP contribution in [0.1, 0.15) is 13.3 Å². The minimum Gasteiger partial charge on any atom is -0.494 e. The molecule has 94 valence electrons. The summed E-state index contributed by atoms with van der Waals surface area (Å²) in [5.41, 5.74) is 0. The molecule has 0 aromatic heterocycles. The highest BCUT2D eigenvalue weighted by atomic mass is 32.2. The molecule has 5 heteroatoms. The SMILES string of the molecule is C=CCCNS(=O)(=O)c1ccc(OCC)cc1. The van der Waals surface area contributed by atoms with E-state index in [1.54, 1.807) is 18.2 Å². The number of hydrogen-bond acceptors (Lipinski definition) is 3. The van der Waals surface area contributed by atoms with Gasteiger partial charge in [-0.05, 0) is 37.6 Å². The van der Waals surface area contributed by atoms with Gasteiger partial charge < -0.3 is 4.74 Å². The molecular formula is C12H17NO3S. The largest absolute Gasteiger partial charge is 0.494 e. The van der Waals surface area contributed by atoms with E-state index < -0.39 is 10.0 Å². The summed E-state index contributed by atoms with van der Waals surface area (Å²) in [6, 6.07) is 6.35. The van der Waals surface area contributed by atoms with Crippen LogP contribution in [0.2, 0.25) is 0 Å². The van der Waals surface area contributed by atoms with Crippen molar-refractivity contribution in [2.75, 3.05) is 13.2 Å². The highest BCUT2D eigenvalue weighted by Gasteiger charge is 2.12. The Morgan fingerprint density at radius 1 is 1.35 bits per heavy atom. The van der Waals surface area contributed by atoms with E-state index >= 15 is 0 Å². The van der Waals surface area contributed by atoms with E-state index in [0.29, 0.717) is 25.3 Å². The molecule has 1 N–H and O–H groups in total. The smallest absolute Gasteiger partial charge is 0.240 e. The van der Waals surface area contributed by atoms with Crippen LogP contribution in [0.15, 0.2) is 41.8 Å². The Morgan fingerprint density at radius 3 is 2.53 bits per heavy atom. The monoisotopic (exact) mass is 255 g/mol. The third kappa shape index (κ3) is 4.20. The zero-order chi connectivity index (χ0) is 12.7. The number of benzene rings is 1. The first-order valence-corrected chi connectivity index (χ1v) is 6.92. The molecule has 0 heterocycles. The summed E-state index contributed by atoms with van der Waals surface area (Å²) in [6.45, 7) is 6.33. The Bertz CT molecular complexity index is 451. The van der Waals surface area contributed by atoms with Crippen LogP contribution in [-0.2, 0) is 10.0 Å². The molecule has 4 nitrogen and oxygen atoms in total. The highest BCUT2D eigenvalue weighted by Crippen LogP contribution is 2.15. The van der Waals surface area contributed by atoms with E-state index in [1.807, 2.05) is 6.92 Å². The molecule has 1 aromatic carbocycles.